The molecule has 1 aromatic rings. The molecule has 0 unspecified atom stereocenters. The van der Waals surface area contributed by atoms with E-state index < -0.39 is 5.97 Å². The van der Waals surface area contributed by atoms with Crippen molar-refractivity contribution < 1.29 is 15.1 Å². The van der Waals surface area contributed by atoms with E-state index in [1.165, 1.54) is 0 Å². The minimum atomic E-state index is -1.24. The Balaban J connectivity index is 3.21. The molecule has 0 aliphatic carbocycles. The molecule has 2 N–H and O–H groups in total. The summed E-state index contributed by atoms with van der Waals surface area (Å²) in [6, 6.07) is 6.83. The molecule has 0 radical (unpaired) electrons. The molecule has 0 saturated carbocycles. The van der Waals surface area contributed by atoms with Gasteiger partial charge in [-0.15, -0.1) is 0 Å². The van der Waals surface area contributed by atoms with E-state index in [9.17, 15) is 4.79 Å². The van der Waals surface area contributed by atoms with E-state index in [1.807, 2.05) is 0 Å². The summed E-state index contributed by atoms with van der Waals surface area (Å²) in [5, 5.41) is 19.9. The first-order chi connectivity index (χ1) is 6.16. The number of oxime groups is 1. The third kappa shape index (κ3) is 1.84. The summed E-state index contributed by atoms with van der Waals surface area (Å²) in [6.45, 7) is 1.75. The van der Waals surface area contributed by atoms with E-state index in [0.29, 0.717) is 5.56 Å². The van der Waals surface area contributed by atoms with Crippen LogP contribution in [0.5, 0.6) is 0 Å². The predicted molar refractivity (Wildman–Crippen MR) is 47.1 cm³/mol. The zero-order valence-electron chi connectivity index (χ0n) is 7.06. The lowest BCUT2D eigenvalue weighted by atomic mass is 10.0. The van der Waals surface area contributed by atoms with Gasteiger partial charge in [-0.3, -0.25) is 0 Å². The lowest BCUT2D eigenvalue weighted by Crippen LogP contribution is -2.15. The first-order valence-electron chi connectivity index (χ1n) is 3.68. The Kier molecular flexibility index (Phi) is 2.64. The lowest BCUT2D eigenvalue weighted by Gasteiger charge is -2.02. The van der Waals surface area contributed by atoms with Gasteiger partial charge in [0.05, 0.1) is 0 Å². The number of carboxylic acids is 1. The molecule has 4 heteroatoms. The Hall–Kier alpha value is -1.84. The van der Waals surface area contributed by atoms with E-state index in [2.05, 4.69) is 5.16 Å². The standard InChI is InChI=1S/C9H9NO3/c1-6-4-2-3-5-7(6)8(10-13)9(11)12/h2-5,13H,1H3,(H,11,12)/b10-8-. The topological polar surface area (TPSA) is 69.9 Å². The Labute approximate surface area is 75.1 Å². The largest absolute Gasteiger partial charge is 0.476 e. The number of aliphatic carboxylic acids is 1. The van der Waals surface area contributed by atoms with Crippen molar-refractivity contribution in [1.29, 1.82) is 0 Å². The van der Waals surface area contributed by atoms with Crippen LogP contribution in [0.25, 0.3) is 0 Å². The van der Waals surface area contributed by atoms with Gasteiger partial charge in [-0.25, -0.2) is 4.79 Å². The van der Waals surface area contributed by atoms with Gasteiger partial charge in [-0.2, -0.15) is 0 Å². The Morgan fingerprint density at radius 3 is 2.46 bits per heavy atom. The van der Waals surface area contributed by atoms with E-state index in [0.717, 1.165) is 5.56 Å². The highest BCUT2D eigenvalue weighted by Crippen LogP contribution is 2.08. The monoisotopic (exact) mass is 179 g/mol. The minimum absolute atomic E-state index is 0.335. The van der Waals surface area contributed by atoms with Crippen LogP contribution in [0.3, 0.4) is 0 Å². The molecule has 4 nitrogen and oxygen atoms in total. The highest BCUT2D eigenvalue weighted by atomic mass is 16.4. The molecule has 0 fully saturated rings. The van der Waals surface area contributed by atoms with Gasteiger partial charge in [0.15, 0.2) is 5.71 Å². The van der Waals surface area contributed by atoms with Gasteiger partial charge in [0.2, 0.25) is 0 Å². The number of carbonyl (C=O) groups is 1. The first-order valence-corrected chi connectivity index (χ1v) is 3.68. The van der Waals surface area contributed by atoms with E-state index in [1.54, 1.807) is 31.2 Å². The van der Waals surface area contributed by atoms with Crippen molar-refractivity contribution in [2.45, 2.75) is 6.92 Å². The quantitative estimate of drug-likeness (QED) is 0.408. The van der Waals surface area contributed by atoms with Crippen LogP contribution in [0.15, 0.2) is 29.4 Å². The molecule has 13 heavy (non-hydrogen) atoms. The molecule has 0 aliphatic heterocycles. The number of carboxylic acid groups (broad SMARTS) is 1. The molecule has 0 heterocycles. The summed E-state index contributed by atoms with van der Waals surface area (Å²) >= 11 is 0. The van der Waals surface area contributed by atoms with E-state index >= 15 is 0 Å². The van der Waals surface area contributed by atoms with Gasteiger partial charge in [-0.1, -0.05) is 29.4 Å². The van der Waals surface area contributed by atoms with Gasteiger partial charge in [0.1, 0.15) is 0 Å². The molecule has 0 amide bonds. The van der Waals surface area contributed by atoms with Crippen LogP contribution >= 0.6 is 0 Å². The molecule has 1 rings (SSSR count). The molecule has 0 atom stereocenters. The molecule has 0 aliphatic rings. The van der Waals surface area contributed by atoms with Crippen molar-refractivity contribution in [2.75, 3.05) is 0 Å². The second-order valence-electron chi connectivity index (χ2n) is 2.57. The van der Waals surface area contributed by atoms with Crippen molar-refractivity contribution in [1.82, 2.24) is 0 Å². The molecule has 0 aromatic heterocycles. The number of rotatable bonds is 2. The van der Waals surface area contributed by atoms with Crippen LogP contribution in [-0.4, -0.2) is 22.0 Å². The molecule has 0 bridgehead atoms. The van der Waals surface area contributed by atoms with Crippen molar-refractivity contribution in [3.8, 4) is 0 Å². The fourth-order valence-corrected chi connectivity index (χ4v) is 1.05. The van der Waals surface area contributed by atoms with Crippen LogP contribution in [0.1, 0.15) is 11.1 Å². The highest BCUT2D eigenvalue weighted by Gasteiger charge is 2.14. The maximum absolute atomic E-state index is 10.6. The van der Waals surface area contributed by atoms with E-state index in [-0.39, 0.29) is 5.71 Å². The van der Waals surface area contributed by atoms with Crippen molar-refractivity contribution in [2.24, 2.45) is 5.16 Å². The third-order valence-corrected chi connectivity index (χ3v) is 1.70. The zero-order chi connectivity index (χ0) is 9.84. The van der Waals surface area contributed by atoms with Gasteiger partial charge >= 0.3 is 5.97 Å². The molecular formula is C9H9NO3. The van der Waals surface area contributed by atoms with Gasteiger partial charge in [-0.05, 0) is 12.5 Å². The lowest BCUT2D eigenvalue weighted by molar-refractivity contribution is -0.129. The average Bonchev–Trinajstić information content (AvgIpc) is 2.09. The summed E-state index contributed by atoms with van der Waals surface area (Å²) in [7, 11) is 0. The fraction of sp³-hybridized carbons (Fsp3) is 0.111. The SMILES string of the molecule is Cc1ccccc1/C(=N/O)C(=O)O. The maximum atomic E-state index is 10.6. The Morgan fingerprint density at radius 2 is 2.00 bits per heavy atom. The summed E-state index contributed by atoms with van der Waals surface area (Å²) in [5.41, 5.74) is 0.855. The van der Waals surface area contributed by atoms with Gasteiger partial charge in [0.25, 0.3) is 0 Å². The highest BCUT2D eigenvalue weighted by molar-refractivity contribution is 6.42. The van der Waals surface area contributed by atoms with Gasteiger partial charge < -0.3 is 10.3 Å². The van der Waals surface area contributed by atoms with Crippen LogP contribution in [0.4, 0.5) is 0 Å². The number of aryl methyl sites for hydroxylation is 1. The summed E-state index contributed by atoms with van der Waals surface area (Å²) < 4.78 is 0. The van der Waals surface area contributed by atoms with Crippen molar-refractivity contribution in [3.05, 3.63) is 35.4 Å². The van der Waals surface area contributed by atoms with Crippen LogP contribution in [0.2, 0.25) is 0 Å². The number of hydrogen-bond acceptors (Lipinski definition) is 3. The van der Waals surface area contributed by atoms with Crippen LogP contribution in [0, 0.1) is 6.92 Å². The van der Waals surface area contributed by atoms with Gasteiger partial charge in [0, 0.05) is 5.56 Å². The fourth-order valence-electron chi connectivity index (χ4n) is 1.05. The summed E-state index contributed by atoms with van der Waals surface area (Å²) in [5.74, 6) is -1.24. The second kappa shape index (κ2) is 3.71. The predicted octanol–water partition coefficient (Wildman–Crippen LogP) is 1.26. The molecule has 0 spiro atoms. The van der Waals surface area contributed by atoms with Crippen LogP contribution < -0.4 is 0 Å². The minimum Gasteiger partial charge on any atom is -0.476 e. The Morgan fingerprint density at radius 1 is 1.38 bits per heavy atom. The summed E-state index contributed by atoms with van der Waals surface area (Å²) in [4.78, 5) is 10.6. The summed E-state index contributed by atoms with van der Waals surface area (Å²) in [6.07, 6.45) is 0. The molecular weight excluding hydrogens is 170 g/mol. The smallest absolute Gasteiger partial charge is 0.358 e. The molecule has 68 valence electrons. The molecule has 0 saturated heterocycles. The van der Waals surface area contributed by atoms with Crippen molar-refractivity contribution >= 4 is 11.7 Å². The maximum Gasteiger partial charge on any atom is 0.358 e. The van der Waals surface area contributed by atoms with Crippen LogP contribution in [-0.2, 0) is 4.79 Å². The first kappa shape index (κ1) is 9.25. The Bertz CT molecular complexity index is 358. The number of benzene rings is 1. The number of hydrogen-bond donors (Lipinski definition) is 2. The third-order valence-electron chi connectivity index (χ3n) is 1.70. The second-order valence-corrected chi connectivity index (χ2v) is 2.57. The normalized spacial score (nSPS) is 11.3. The molecule has 1 aromatic carbocycles. The number of nitrogens with zero attached hydrogens (tertiary/aromatic N) is 1. The zero-order valence-corrected chi connectivity index (χ0v) is 7.06. The van der Waals surface area contributed by atoms with E-state index in [4.69, 9.17) is 10.3 Å². The average molecular weight is 179 g/mol. The van der Waals surface area contributed by atoms with Crippen molar-refractivity contribution in [3.63, 3.8) is 0 Å².